The van der Waals surface area contributed by atoms with Crippen molar-refractivity contribution in [2.75, 3.05) is 64.3 Å². The molecule has 0 unspecified atom stereocenters. The first-order chi connectivity index (χ1) is 17.0. The van der Waals surface area contributed by atoms with Crippen molar-refractivity contribution in [1.82, 2.24) is 14.7 Å². The fraction of sp³-hybridized carbons (Fsp3) is 0.500. The molecule has 8 nitrogen and oxygen atoms in total. The molecule has 0 spiro atoms. The third kappa shape index (κ3) is 6.28. The number of benzene rings is 1. The Hall–Kier alpha value is -2.75. The van der Waals surface area contributed by atoms with Crippen LogP contribution in [-0.4, -0.2) is 91.4 Å². The molecule has 188 valence electrons. The molecule has 1 aromatic carbocycles. The Balaban J connectivity index is 1.36. The number of hydrogen-bond acceptors (Lipinski definition) is 7. The van der Waals surface area contributed by atoms with E-state index in [9.17, 15) is 14.4 Å². The lowest BCUT2D eigenvalue weighted by molar-refractivity contribution is -0.132. The van der Waals surface area contributed by atoms with Gasteiger partial charge in [0.25, 0.3) is 0 Å². The fourth-order valence-electron chi connectivity index (χ4n) is 4.65. The van der Waals surface area contributed by atoms with Crippen molar-refractivity contribution >= 4 is 34.1 Å². The summed E-state index contributed by atoms with van der Waals surface area (Å²) >= 11 is 1.40. The van der Waals surface area contributed by atoms with E-state index in [0.29, 0.717) is 17.1 Å². The lowest BCUT2D eigenvalue weighted by Gasteiger charge is -2.34. The number of carbonyl (C=O) groups is 3. The van der Waals surface area contributed by atoms with Crippen molar-refractivity contribution in [3.05, 3.63) is 41.5 Å². The number of anilines is 1. The highest BCUT2D eigenvalue weighted by molar-refractivity contribution is 7.20. The first kappa shape index (κ1) is 25.3. The average Bonchev–Trinajstić information content (AvgIpc) is 3.49. The number of thiophene rings is 1. The minimum Gasteiger partial charge on any atom is -0.462 e. The van der Waals surface area contributed by atoms with Crippen molar-refractivity contribution < 1.29 is 19.1 Å². The summed E-state index contributed by atoms with van der Waals surface area (Å²) in [6.45, 7) is 9.36. The highest BCUT2D eigenvalue weighted by Gasteiger charge is 2.27. The van der Waals surface area contributed by atoms with Gasteiger partial charge in [-0.3, -0.25) is 19.4 Å². The Morgan fingerprint density at radius 1 is 0.943 bits per heavy atom. The summed E-state index contributed by atoms with van der Waals surface area (Å²) in [5.74, 6) is -0.365. The van der Waals surface area contributed by atoms with Crippen LogP contribution in [0.1, 0.15) is 35.7 Å². The number of nitrogens with one attached hydrogen (secondary N) is 1. The van der Waals surface area contributed by atoms with E-state index in [1.54, 1.807) is 6.92 Å². The minimum absolute atomic E-state index is 0.155. The minimum atomic E-state index is -0.421. The van der Waals surface area contributed by atoms with Crippen LogP contribution in [0.4, 0.5) is 5.00 Å². The first-order valence-corrected chi connectivity index (χ1v) is 13.2. The summed E-state index contributed by atoms with van der Waals surface area (Å²) in [5, 5.41) is 3.50. The molecule has 9 heteroatoms. The second-order valence-electron chi connectivity index (χ2n) is 9.04. The van der Waals surface area contributed by atoms with E-state index in [-0.39, 0.29) is 25.0 Å². The van der Waals surface area contributed by atoms with Gasteiger partial charge in [0.15, 0.2) is 0 Å². The van der Waals surface area contributed by atoms with Gasteiger partial charge in [-0.25, -0.2) is 4.79 Å². The SMILES string of the molecule is CCOC(=O)c1c(NC(=O)CN2CCN(CC(=O)N3CCCC3)CC2)sc(-c2ccccc2)c1C. The molecule has 4 rings (SSSR count). The van der Waals surface area contributed by atoms with Gasteiger partial charge in [0.05, 0.1) is 25.3 Å². The Kier molecular flexibility index (Phi) is 8.54. The number of esters is 1. The molecule has 0 radical (unpaired) electrons. The van der Waals surface area contributed by atoms with Crippen molar-refractivity contribution in [2.24, 2.45) is 0 Å². The quantitative estimate of drug-likeness (QED) is 0.564. The zero-order valence-corrected chi connectivity index (χ0v) is 21.4. The zero-order valence-electron chi connectivity index (χ0n) is 20.5. The lowest BCUT2D eigenvalue weighted by atomic mass is 10.1. The largest absolute Gasteiger partial charge is 0.462 e. The number of hydrogen-bond donors (Lipinski definition) is 1. The summed E-state index contributed by atoms with van der Waals surface area (Å²) in [5.41, 5.74) is 2.24. The molecule has 1 aromatic heterocycles. The highest BCUT2D eigenvalue weighted by atomic mass is 32.1. The van der Waals surface area contributed by atoms with Crippen LogP contribution in [0, 0.1) is 6.92 Å². The molecular formula is C26H34N4O4S. The summed E-state index contributed by atoms with van der Waals surface area (Å²) < 4.78 is 5.28. The van der Waals surface area contributed by atoms with Gasteiger partial charge in [0.2, 0.25) is 11.8 Å². The van der Waals surface area contributed by atoms with E-state index < -0.39 is 5.97 Å². The van der Waals surface area contributed by atoms with Gasteiger partial charge >= 0.3 is 5.97 Å². The van der Waals surface area contributed by atoms with Crippen LogP contribution >= 0.6 is 11.3 Å². The number of rotatable bonds is 8. The predicted octanol–water partition coefficient (Wildman–Crippen LogP) is 3.08. The van der Waals surface area contributed by atoms with Crippen molar-refractivity contribution in [3.8, 4) is 10.4 Å². The molecule has 2 fully saturated rings. The Bertz CT molecular complexity index is 1040. The molecule has 0 saturated carbocycles. The van der Waals surface area contributed by atoms with Gasteiger partial charge in [-0.05, 0) is 37.8 Å². The molecule has 0 aliphatic carbocycles. The van der Waals surface area contributed by atoms with Crippen molar-refractivity contribution in [2.45, 2.75) is 26.7 Å². The molecular weight excluding hydrogens is 464 g/mol. The third-order valence-electron chi connectivity index (χ3n) is 6.57. The molecule has 35 heavy (non-hydrogen) atoms. The smallest absolute Gasteiger partial charge is 0.341 e. The summed E-state index contributed by atoms with van der Waals surface area (Å²) in [6, 6.07) is 9.84. The normalized spacial score (nSPS) is 16.9. The van der Waals surface area contributed by atoms with Crippen molar-refractivity contribution in [3.63, 3.8) is 0 Å². The van der Waals surface area contributed by atoms with E-state index in [2.05, 4.69) is 15.1 Å². The van der Waals surface area contributed by atoms with E-state index >= 15 is 0 Å². The maximum absolute atomic E-state index is 12.9. The molecule has 3 heterocycles. The van der Waals surface area contributed by atoms with E-state index in [4.69, 9.17) is 4.74 Å². The van der Waals surface area contributed by atoms with Crippen molar-refractivity contribution in [1.29, 1.82) is 0 Å². The van der Waals surface area contributed by atoms with E-state index in [1.165, 1.54) is 11.3 Å². The fourth-order valence-corrected chi connectivity index (χ4v) is 5.86. The maximum Gasteiger partial charge on any atom is 0.341 e. The van der Waals surface area contributed by atoms with Crippen LogP contribution in [0.2, 0.25) is 0 Å². The zero-order chi connectivity index (χ0) is 24.8. The molecule has 0 bridgehead atoms. The van der Waals surface area contributed by atoms with Crippen LogP contribution in [0.15, 0.2) is 30.3 Å². The monoisotopic (exact) mass is 498 g/mol. The summed E-state index contributed by atoms with van der Waals surface area (Å²) in [6.07, 6.45) is 2.20. The predicted molar refractivity (Wildman–Crippen MR) is 138 cm³/mol. The number of nitrogens with zero attached hydrogens (tertiary/aromatic N) is 3. The standard InChI is InChI=1S/C26H34N4O4S/c1-3-34-26(33)23-19(2)24(20-9-5-4-6-10-20)35-25(23)27-21(31)17-28-13-15-29(16-14-28)18-22(32)30-11-7-8-12-30/h4-6,9-10H,3,7-8,11-18H2,1-2H3,(H,27,31). The Morgan fingerprint density at radius 2 is 1.57 bits per heavy atom. The van der Waals surface area contributed by atoms with Gasteiger partial charge in [-0.2, -0.15) is 0 Å². The number of ether oxygens (including phenoxy) is 1. The van der Waals surface area contributed by atoms with Crippen LogP contribution in [0.25, 0.3) is 10.4 Å². The van der Waals surface area contributed by atoms with E-state index in [0.717, 1.165) is 68.1 Å². The molecule has 0 atom stereocenters. The summed E-state index contributed by atoms with van der Waals surface area (Å²) in [4.78, 5) is 45.2. The highest BCUT2D eigenvalue weighted by Crippen LogP contribution is 2.40. The second-order valence-corrected chi connectivity index (χ2v) is 10.1. The Morgan fingerprint density at radius 3 is 2.20 bits per heavy atom. The maximum atomic E-state index is 12.9. The lowest BCUT2D eigenvalue weighted by Crippen LogP contribution is -2.51. The number of likely N-dealkylation sites (tertiary alicyclic amines) is 1. The van der Waals surface area contributed by atoms with Crippen LogP contribution in [-0.2, 0) is 14.3 Å². The molecule has 2 amide bonds. The van der Waals surface area contributed by atoms with Crippen LogP contribution in [0.3, 0.4) is 0 Å². The summed E-state index contributed by atoms with van der Waals surface area (Å²) in [7, 11) is 0. The van der Waals surface area contributed by atoms with Gasteiger partial charge in [-0.1, -0.05) is 30.3 Å². The number of carbonyl (C=O) groups excluding carboxylic acids is 3. The van der Waals surface area contributed by atoms with Crippen LogP contribution in [0.5, 0.6) is 0 Å². The second kappa shape index (κ2) is 11.8. The van der Waals surface area contributed by atoms with Gasteiger partial charge in [0, 0.05) is 44.1 Å². The molecule has 2 aromatic rings. The first-order valence-electron chi connectivity index (χ1n) is 12.3. The third-order valence-corrected chi connectivity index (χ3v) is 7.82. The Labute approximate surface area is 210 Å². The average molecular weight is 499 g/mol. The van der Waals surface area contributed by atoms with Gasteiger partial charge < -0.3 is 15.0 Å². The number of piperazine rings is 1. The molecule has 2 aliphatic rings. The van der Waals surface area contributed by atoms with Gasteiger partial charge in [0.1, 0.15) is 5.00 Å². The molecule has 2 saturated heterocycles. The van der Waals surface area contributed by atoms with E-state index in [1.807, 2.05) is 42.2 Å². The number of amides is 2. The van der Waals surface area contributed by atoms with Gasteiger partial charge in [-0.15, -0.1) is 11.3 Å². The molecule has 1 N–H and O–H groups in total. The van der Waals surface area contributed by atoms with Crippen LogP contribution < -0.4 is 5.32 Å². The topological polar surface area (TPSA) is 82.2 Å². The molecule has 2 aliphatic heterocycles.